The molecule has 1 saturated carbocycles. The van der Waals surface area contributed by atoms with Gasteiger partial charge in [0.15, 0.2) is 0 Å². The predicted octanol–water partition coefficient (Wildman–Crippen LogP) is 3.50. The summed E-state index contributed by atoms with van der Waals surface area (Å²) in [5, 5.41) is 10.7. The Labute approximate surface area is 104 Å². The van der Waals surface area contributed by atoms with Crippen LogP contribution in [0.4, 0.5) is 13.2 Å². The van der Waals surface area contributed by atoms with Crippen molar-refractivity contribution < 1.29 is 18.3 Å². The Morgan fingerprint density at radius 2 is 1.94 bits per heavy atom. The number of halogens is 3. The van der Waals surface area contributed by atoms with Gasteiger partial charge in [-0.2, -0.15) is 13.2 Å². The minimum absolute atomic E-state index is 0.0972. The average molecular weight is 259 g/mol. The largest absolute Gasteiger partial charge is 0.416 e. The van der Waals surface area contributed by atoms with Gasteiger partial charge in [0.05, 0.1) is 11.2 Å². The summed E-state index contributed by atoms with van der Waals surface area (Å²) in [7, 11) is 0. The van der Waals surface area contributed by atoms with Crippen molar-refractivity contribution >= 4 is 0 Å². The first-order valence-electron chi connectivity index (χ1n) is 5.92. The topological polar surface area (TPSA) is 33.1 Å². The molecule has 100 valence electrons. The third-order valence-electron chi connectivity index (χ3n) is 4.03. The van der Waals surface area contributed by atoms with E-state index < -0.39 is 22.8 Å². The highest BCUT2D eigenvalue weighted by atomic mass is 19.4. The number of rotatable bonds is 1. The number of pyridine rings is 1. The number of hydrogen-bond acceptors (Lipinski definition) is 2. The van der Waals surface area contributed by atoms with Crippen molar-refractivity contribution in [2.75, 3.05) is 0 Å². The van der Waals surface area contributed by atoms with Gasteiger partial charge in [-0.25, -0.2) is 0 Å². The maximum atomic E-state index is 13.0. The Bertz CT molecular complexity index is 456. The first kappa shape index (κ1) is 13.3. The van der Waals surface area contributed by atoms with E-state index in [1.165, 1.54) is 0 Å². The van der Waals surface area contributed by atoms with E-state index in [0.717, 1.165) is 24.9 Å². The molecule has 1 aliphatic rings. The molecule has 1 unspecified atom stereocenters. The van der Waals surface area contributed by atoms with Crippen LogP contribution < -0.4 is 0 Å². The van der Waals surface area contributed by atoms with Crippen LogP contribution in [0.5, 0.6) is 0 Å². The third kappa shape index (κ3) is 1.90. The number of alkyl halides is 3. The zero-order valence-electron chi connectivity index (χ0n) is 10.4. The average Bonchev–Trinajstić information content (AvgIpc) is 2.53. The smallest absolute Gasteiger partial charge is 0.385 e. The Hall–Kier alpha value is -1.10. The number of hydrogen-bond donors (Lipinski definition) is 1. The molecule has 1 heterocycles. The minimum Gasteiger partial charge on any atom is -0.385 e. The Morgan fingerprint density at radius 1 is 1.28 bits per heavy atom. The van der Waals surface area contributed by atoms with Gasteiger partial charge in [0.2, 0.25) is 0 Å². The summed E-state index contributed by atoms with van der Waals surface area (Å²) in [5.41, 5.74) is -2.91. The monoisotopic (exact) mass is 259 g/mol. The summed E-state index contributed by atoms with van der Waals surface area (Å²) < 4.78 is 39.0. The Kier molecular flexibility index (Phi) is 2.93. The van der Waals surface area contributed by atoms with Crippen molar-refractivity contribution in [1.29, 1.82) is 0 Å². The lowest BCUT2D eigenvalue weighted by atomic mass is 9.72. The second-order valence-corrected chi connectivity index (χ2v) is 5.52. The van der Waals surface area contributed by atoms with Crippen molar-refractivity contribution in [2.24, 2.45) is 5.41 Å². The fraction of sp³-hybridized carbons (Fsp3) is 0.615. The second kappa shape index (κ2) is 3.95. The molecular formula is C13H16F3NO. The predicted molar refractivity (Wildman–Crippen MR) is 60.8 cm³/mol. The molecular weight excluding hydrogens is 243 g/mol. The van der Waals surface area contributed by atoms with Gasteiger partial charge in [-0.15, -0.1) is 0 Å². The molecule has 5 heteroatoms. The van der Waals surface area contributed by atoms with E-state index in [9.17, 15) is 18.3 Å². The summed E-state index contributed by atoms with van der Waals surface area (Å²) in [4.78, 5) is 3.75. The van der Waals surface area contributed by atoms with Gasteiger partial charge in [0.25, 0.3) is 0 Å². The van der Waals surface area contributed by atoms with Gasteiger partial charge >= 0.3 is 6.18 Å². The van der Waals surface area contributed by atoms with Crippen LogP contribution >= 0.6 is 0 Å². The Morgan fingerprint density at radius 3 is 2.44 bits per heavy atom. The van der Waals surface area contributed by atoms with Crippen molar-refractivity contribution in [1.82, 2.24) is 4.98 Å². The molecule has 1 N–H and O–H groups in total. The molecule has 1 aliphatic carbocycles. The van der Waals surface area contributed by atoms with Crippen molar-refractivity contribution in [3.63, 3.8) is 0 Å². The molecule has 2 nitrogen and oxygen atoms in total. The summed E-state index contributed by atoms with van der Waals surface area (Å²) >= 11 is 0. The third-order valence-corrected chi connectivity index (χ3v) is 4.03. The SMILES string of the molecule is CC1(C)CCCC1(O)c1cnccc1C(F)(F)F. The van der Waals surface area contributed by atoms with Crippen molar-refractivity contribution in [2.45, 2.75) is 44.9 Å². The minimum atomic E-state index is -4.47. The van der Waals surface area contributed by atoms with Crippen molar-refractivity contribution in [3.05, 3.63) is 29.6 Å². The van der Waals surface area contributed by atoms with Crippen LogP contribution in [0, 0.1) is 5.41 Å². The molecule has 18 heavy (non-hydrogen) atoms. The van der Waals surface area contributed by atoms with Crippen LogP contribution in [0.2, 0.25) is 0 Å². The molecule has 1 atom stereocenters. The van der Waals surface area contributed by atoms with Gasteiger partial charge in [0.1, 0.15) is 0 Å². The lowest BCUT2D eigenvalue weighted by Crippen LogP contribution is -2.38. The van der Waals surface area contributed by atoms with E-state index in [-0.39, 0.29) is 5.56 Å². The van der Waals surface area contributed by atoms with Crippen LogP contribution in [-0.2, 0) is 11.8 Å². The highest BCUT2D eigenvalue weighted by Crippen LogP contribution is 2.54. The summed E-state index contributed by atoms with van der Waals surface area (Å²) in [6, 6.07) is 0.932. The van der Waals surface area contributed by atoms with Crippen LogP contribution in [0.25, 0.3) is 0 Å². The maximum absolute atomic E-state index is 13.0. The van der Waals surface area contributed by atoms with E-state index in [1.54, 1.807) is 13.8 Å². The lowest BCUT2D eigenvalue weighted by Gasteiger charge is -2.38. The van der Waals surface area contributed by atoms with Gasteiger partial charge in [-0.1, -0.05) is 13.8 Å². The molecule has 1 aromatic rings. The maximum Gasteiger partial charge on any atom is 0.416 e. The summed E-state index contributed by atoms with van der Waals surface area (Å²) in [6.07, 6.45) is -0.444. The molecule has 0 amide bonds. The van der Waals surface area contributed by atoms with E-state index in [2.05, 4.69) is 4.98 Å². The molecule has 0 aromatic carbocycles. The van der Waals surface area contributed by atoms with Crippen LogP contribution in [0.15, 0.2) is 18.5 Å². The lowest BCUT2D eigenvalue weighted by molar-refractivity contribution is -0.143. The second-order valence-electron chi connectivity index (χ2n) is 5.52. The zero-order valence-corrected chi connectivity index (χ0v) is 10.4. The van der Waals surface area contributed by atoms with E-state index in [4.69, 9.17) is 0 Å². The highest BCUT2D eigenvalue weighted by Gasteiger charge is 2.52. The molecule has 1 aromatic heterocycles. The van der Waals surface area contributed by atoms with E-state index in [1.807, 2.05) is 0 Å². The molecule has 2 rings (SSSR count). The fourth-order valence-corrected chi connectivity index (χ4v) is 2.80. The van der Waals surface area contributed by atoms with Crippen LogP contribution in [0.3, 0.4) is 0 Å². The van der Waals surface area contributed by atoms with Gasteiger partial charge in [-0.3, -0.25) is 4.98 Å². The first-order valence-corrected chi connectivity index (χ1v) is 5.92. The van der Waals surface area contributed by atoms with Gasteiger partial charge in [0, 0.05) is 18.0 Å². The standard InChI is InChI=1S/C13H16F3NO/c1-11(2)5-3-6-12(11,18)10-8-17-7-4-9(10)13(14,15)16/h4,7-8,18H,3,5-6H2,1-2H3. The summed E-state index contributed by atoms with van der Waals surface area (Å²) in [6.45, 7) is 3.60. The van der Waals surface area contributed by atoms with Gasteiger partial charge in [-0.05, 0) is 30.7 Å². The molecule has 0 spiro atoms. The van der Waals surface area contributed by atoms with Crippen LogP contribution in [0.1, 0.15) is 44.2 Å². The quantitative estimate of drug-likeness (QED) is 0.837. The van der Waals surface area contributed by atoms with Crippen LogP contribution in [-0.4, -0.2) is 10.1 Å². The molecule has 0 aliphatic heterocycles. The summed E-state index contributed by atoms with van der Waals surface area (Å²) in [5.74, 6) is 0. The van der Waals surface area contributed by atoms with Gasteiger partial charge < -0.3 is 5.11 Å². The number of aliphatic hydroxyl groups is 1. The van der Waals surface area contributed by atoms with Crippen molar-refractivity contribution in [3.8, 4) is 0 Å². The number of nitrogens with zero attached hydrogens (tertiary/aromatic N) is 1. The fourth-order valence-electron chi connectivity index (χ4n) is 2.80. The highest BCUT2D eigenvalue weighted by molar-refractivity contribution is 5.34. The first-order chi connectivity index (χ1) is 8.18. The Balaban J connectivity index is 2.59. The van der Waals surface area contributed by atoms with E-state index in [0.29, 0.717) is 12.8 Å². The zero-order chi connectivity index (χ0) is 13.6. The molecule has 0 bridgehead atoms. The van der Waals surface area contributed by atoms with E-state index >= 15 is 0 Å². The molecule has 1 fully saturated rings. The normalized spacial score (nSPS) is 27.4. The molecule has 0 saturated heterocycles. The molecule has 0 radical (unpaired) electrons. The number of aromatic nitrogens is 1.